The molecule has 110 valence electrons. The molecule has 0 radical (unpaired) electrons. The van der Waals surface area contributed by atoms with Crippen LogP contribution in [0.2, 0.25) is 0 Å². The van der Waals surface area contributed by atoms with Crippen molar-refractivity contribution in [1.82, 2.24) is 0 Å². The van der Waals surface area contributed by atoms with Gasteiger partial charge in [0, 0.05) is 9.65 Å². The Labute approximate surface area is 138 Å². The Morgan fingerprint density at radius 2 is 1.84 bits per heavy atom. The highest BCUT2D eigenvalue weighted by molar-refractivity contribution is 9.09. The molecule has 19 heavy (non-hydrogen) atoms. The summed E-state index contributed by atoms with van der Waals surface area (Å²) in [7, 11) is 0. The standard InChI is InChI=1S/C15H23Br2ClO/c1-9-7-10(19)12(17)13(2,3)15(9)6-5-14(4,18)11(16)8-15/h10-12,19H,1,5-8H2,2-4H3/t10-,11-,12-,14-,15+/m0/s1. The molecule has 1 spiro atoms. The van der Waals surface area contributed by atoms with Gasteiger partial charge in [-0.25, -0.2) is 0 Å². The zero-order valence-electron chi connectivity index (χ0n) is 11.8. The van der Waals surface area contributed by atoms with E-state index < -0.39 is 0 Å². The van der Waals surface area contributed by atoms with Gasteiger partial charge in [-0.15, -0.1) is 11.6 Å². The van der Waals surface area contributed by atoms with Gasteiger partial charge in [0.05, 0.1) is 11.0 Å². The van der Waals surface area contributed by atoms with Gasteiger partial charge in [-0.05, 0) is 43.4 Å². The lowest BCUT2D eigenvalue weighted by Crippen LogP contribution is -2.58. The molecule has 5 atom stereocenters. The van der Waals surface area contributed by atoms with E-state index in [0.29, 0.717) is 6.42 Å². The van der Waals surface area contributed by atoms with Crippen LogP contribution in [0.4, 0.5) is 0 Å². The predicted octanol–water partition coefficient (Wildman–Crippen LogP) is 5.03. The van der Waals surface area contributed by atoms with Crippen molar-refractivity contribution in [1.29, 1.82) is 0 Å². The van der Waals surface area contributed by atoms with Crippen molar-refractivity contribution in [3.63, 3.8) is 0 Å². The molecule has 1 N–H and O–H groups in total. The van der Waals surface area contributed by atoms with E-state index >= 15 is 0 Å². The van der Waals surface area contributed by atoms with Crippen LogP contribution >= 0.6 is 43.5 Å². The molecule has 0 aliphatic heterocycles. The van der Waals surface area contributed by atoms with Gasteiger partial charge >= 0.3 is 0 Å². The van der Waals surface area contributed by atoms with Crippen LogP contribution in [0, 0.1) is 10.8 Å². The first-order valence-electron chi connectivity index (χ1n) is 6.88. The molecule has 2 aliphatic carbocycles. The number of aliphatic hydroxyl groups excluding tert-OH is 1. The number of rotatable bonds is 0. The van der Waals surface area contributed by atoms with Crippen LogP contribution in [0.1, 0.15) is 46.5 Å². The van der Waals surface area contributed by atoms with Crippen LogP contribution in [0.25, 0.3) is 0 Å². The van der Waals surface area contributed by atoms with Crippen molar-refractivity contribution in [2.75, 3.05) is 0 Å². The molecule has 0 aromatic carbocycles. The molecule has 2 rings (SSSR count). The third kappa shape index (κ3) is 2.37. The van der Waals surface area contributed by atoms with E-state index in [4.69, 9.17) is 11.6 Å². The van der Waals surface area contributed by atoms with E-state index in [1.165, 1.54) is 5.57 Å². The third-order valence-electron chi connectivity index (χ3n) is 5.61. The van der Waals surface area contributed by atoms with E-state index in [9.17, 15) is 5.11 Å². The molecular weight excluding hydrogens is 391 g/mol. The fourth-order valence-electron chi connectivity index (χ4n) is 3.89. The van der Waals surface area contributed by atoms with Gasteiger partial charge in [0.15, 0.2) is 0 Å². The van der Waals surface area contributed by atoms with Crippen molar-refractivity contribution in [2.45, 2.75) is 67.1 Å². The second-order valence-corrected chi connectivity index (χ2v) is 9.99. The first-order chi connectivity index (χ1) is 8.54. The summed E-state index contributed by atoms with van der Waals surface area (Å²) in [5.74, 6) is 0. The average Bonchev–Trinajstić information content (AvgIpc) is 2.29. The largest absolute Gasteiger partial charge is 0.392 e. The van der Waals surface area contributed by atoms with Crippen LogP contribution in [-0.4, -0.2) is 25.7 Å². The lowest BCUT2D eigenvalue weighted by atomic mass is 9.49. The highest BCUT2D eigenvalue weighted by Gasteiger charge is 2.59. The van der Waals surface area contributed by atoms with Gasteiger partial charge in [-0.3, -0.25) is 0 Å². The van der Waals surface area contributed by atoms with Crippen LogP contribution in [-0.2, 0) is 0 Å². The molecule has 1 nitrogen and oxygen atoms in total. The summed E-state index contributed by atoms with van der Waals surface area (Å²) < 4.78 is 0. The minimum atomic E-state index is -0.341. The summed E-state index contributed by atoms with van der Waals surface area (Å²) in [4.78, 5) is 0.200. The Kier molecular flexibility index (Phi) is 4.29. The molecule has 0 aromatic rings. The molecule has 0 amide bonds. The average molecular weight is 415 g/mol. The molecule has 0 bridgehead atoms. The third-order valence-corrected chi connectivity index (χ3v) is 9.42. The van der Waals surface area contributed by atoms with E-state index in [0.717, 1.165) is 19.3 Å². The van der Waals surface area contributed by atoms with Gasteiger partial charge in [-0.2, -0.15) is 0 Å². The lowest BCUT2D eigenvalue weighted by Gasteiger charge is -2.60. The predicted molar refractivity (Wildman–Crippen MR) is 89.5 cm³/mol. The van der Waals surface area contributed by atoms with Gasteiger partial charge in [0.2, 0.25) is 0 Å². The summed E-state index contributed by atoms with van der Waals surface area (Å²) in [6, 6.07) is 0. The monoisotopic (exact) mass is 412 g/mol. The van der Waals surface area contributed by atoms with Crippen molar-refractivity contribution in [3.05, 3.63) is 12.2 Å². The quantitative estimate of drug-likeness (QED) is 0.435. The van der Waals surface area contributed by atoms with Crippen LogP contribution in [0.5, 0.6) is 0 Å². The molecule has 0 aromatic heterocycles. The number of alkyl halides is 3. The van der Waals surface area contributed by atoms with Crippen LogP contribution < -0.4 is 0 Å². The molecule has 0 heterocycles. The second kappa shape index (κ2) is 5.00. The fourth-order valence-corrected chi connectivity index (χ4v) is 5.47. The molecule has 0 unspecified atom stereocenters. The van der Waals surface area contributed by atoms with Gasteiger partial charge < -0.3 is 5.11 Å². The Morgan fingerprint density at radius 1 is 1.26 bits per heavy atom. The van der Waals surface area contributed by atoms with Crippen molar-refractivity contribution < 1.29 is 5.11 Å². The molecule has 4 heteroatoms. The minimum absolute atomic E-state index is 0.0266. The van der Waals surface area contributed by atoms with Gasteiger partial charge in [-0.1, -0.05) is 57.9 Å². The summed E-state index contributed by atoms with van der Waals surface area (Å²) in [6.45, 7) is 10.9. The zero-order chi connectivity index (χ0) is 14.6. The fraction of sp³-hybridized carbons (Fsp3) is 0.867. The lowest BCUT2D eigenvalue weighted by molar-refractivity contribution is -0.0173. The van der Waals surface area contributed by atoms with Crippen LogP contribution in [0.15, 0.2) is 12.2 Å². The first-order valence-corrected chi connectivity index (χ1v) is 9.09. The number of hydrogen-bond acceptors (Lipinski definition) is 1. The maximum atomic E-state index is 10.2. The topological polar surface area (TPSA) is 20.2 Å². The van der Waals surface area contributed by atoms with E-state index in [2.05, 4.69) is 59.2 Å². The molecule has 2 aliphatic rings. The Hall–Kier alpha value is 0.950. The zero-order valence-corrected chi connectivity index (χ0v) is 15.8. The summed E-state index contributed by atoms with van der Waals surface area (Å²) in [5, 5.41) is 10.2. The molecular formula is C15H23Br2ClO. The number of aliphatic hydroxyl groups is 1. The van der Waals surface area contributed by atoms with E-state index in [-0.39, 0.29) is 31.5 Å². The van der Waals surface area contributed by atoms with Crippen molar-refractivity contribution >= 4 is 43.5 Å². The highest BCUT2D eigenvalue weighted by atomic mass is 79.9. The summed E-state index contributed by atoms with van der Waals surface area (Å²) in [6.07, 6.45) is 3.37. The smallest absolute Gasteiger partial charge is 0.0707 e. The molecule has 2 fully saturated rings. The maximum Gasteiger partial charge on any atom is 0.0707 e. The van der Waals surface area contributed by atoms with Crippen molar-refractivity contribution in [2.24, 2.45) is 10.8 Å². The van der Waals surface area contributed by atoms with Gasteiger partial charge in [0.25, 0.3) is 0 Å². The summed E-state index contributed by atoms with van der Waals surface area (Å²) in [5.41, 5.74) is 1.22. The molecule has 2 saturated carbocycles. The number of hydrogen-bond donors (Lipinski definition) is 1. The van der Waals surface area contributed by atoms with E-state index in [1.54, 1.807) is 0 Å². The first kappa shape index (κ1) is 16.3. The van der Waals surface area contributed by atoms with Gasteiger partial charge in [0.1, 0.15) is 0 Å². The maximum absolute atomic E-state index is 10.2. The number of halogens is 3. The molecule has 0 saturated heterocycles. The highest BCUT2D eigenvalue weighted by Crippen LogP contribution is 2.64. The van der Waals surface area contributed by atoms with E-state index in [1.807, 2.05) is 0 Å². The normalized spacial score (nSPS) is 50.5. The minimum Gasteiger partial charge on any atom is -0.392 e. The Balaban J connectivity index is 2.39. The SMILES string of the molecule is C=C1C[C@H](O)[C@H](Br)C(C)(C)[C@@]12CC[C@](C)(Cl)[C@@H](Br)C2. The van der Waals surface area contributed by atoms with Crippen molar-refractivity contribution in [3.8, 4) is 0 Å². The Morgan fingerprint density at radius 3 is 2.37 bits per heavy atom. The van der Waals surface area contributed by atoms with Crippen LogP contribution in [0.3, 0.4) is 0 Å². The second-order valence-electron chi connectivity index (χ2n) is 7.03. The Bertz CT molecular complexity index is 394. The summed E-state index contributed by atoms with van der Waals surface area (Å²) >= 11 is 14.1.